The number of hydrogen-bond acceptors (Lipinski definition) is 3. The minimum atomic E-state index is -0.0152. The number of fused-ring (bicyclic) bond motifs is 1. The number of hydrogen-bond donors (Lipinski definition) is 2. The lowest BCUT2D eigenvalue weighted by Crippen LogP contribution is -2.31. The Hall–Kier alpha value is -1.81. The summed E-state index contributed by atoms with van der Waals surface area (Å²) >= 11 is 0. The van der Waals surface area contributed by atoms with E-state index in [9.17, 15) is 4.79 Å². The highest BCUT2D eigenvalue weighted by Crippen LogP contribution is 2.26. The number of H-pyrrole nitrogens is 1. The fraction of sp³-hybridized carbons (Fsp3) is 0.550. The maximum Gasteiger partial charge on any atom is 0.255 e. The quantitative estimate of drug-likeness (QED) is 0.903. The van der Waals surface area contributed by atoms with Gasteiger partial charge in [0, 0.05) is 42.9 Å². The van der Waals surface area contributed by atoms with Gasteiger partial charge in [-0.15, -0.1) is 0 Å². The molecule has 0 amide bonds. The molecule has 2 N–H and O–H groups in total. The number of pyridine rings is 1. The minimum absolute atomic E-state index is 0.0152. The molecule has 2 aliphatic rings. The van der Waals surface area contributed by atoms with Crippen LogP contribution in [0, 0.1) is 5.92 Å². The molecule has 1 aromatic heterocycles. The van der Waals surface area contributed by atoms with Crippen molar-refractivity contribution in [2.75, 3.05) is 25.0 Å². The number of anilines is 1. The molecular formula is C20H27N3O. The van der Waals surface area contributed by atoms with E-state index in [1.54, 1.807) is 6.20 Å². The molecule has 2 fully saturated rings. The van der Waals surface area contributed by atoms with Gasteiger partial charge in [0.05, 0.1) is 0 Å². The van der Waals surface area contributed by atoms with Crippen LogP contribution in [0.2, 0.25) is 0 Å². The fourth-order valence-corrected chi connectivity index (χ4v) is 4.37. The molecule has 4 heteroatoms. The molecule has 2 aromatic rings. The van der Waals surface area contributed by atoms with E-state index in [0.717, 1.165) is 28.9 Å². The molecular weight excluding hydrogens is 298 g/mol. The van der Waals surface area contributed by atoms with Crippen molar-refractivity contribution >= 4 is 16.5 Å². The molecule has 4 nitrogen and oxygen atoms in total. The molecule has 1 aromatic carbocycles. The molecule has 128 valence electrons. The van der Waals surface area contributed by atoms with Crippen LogP contribution in [-0.4, -0.2) is 35.6 Å². The maximum absolute atomic E-state index is 11.8. The molecule has 1 atom stereocenters. The van der Waals surface area contributed by atoms with Gasteiger partial charge in [0.15, 0.2) is 0 Å². The number of rotatable bonds is 4. The van der Waals surface area contributed by atoms with E-state index in [0.29, 0.717) is 6.04 Å². The van der Waals surface area contributed by atoms with Crippen molar-refractivity contribution in [1.29, 1.82) is 0 Å². The van der Waals surface area contributed by atoms with Gasteiger partial charge in [0.25, 0.3) is 5.56 Å². The van der Waals surface area contributed by atoms with Crippen LogP contribution in [0.1, 0.15) is 38.5 Å². The molecule has 0 radical (unpaired) electrons. The number of nitrogens with one attached hydrogen (secondary N) is 2. The summed E-state index contributed by atoms with van der Waals surface area (Å²) in [6, 6.07) is 8.53. The van der Waals surface area contributed by atoms with Crippen LogP contribution in [0.5, 0.6) is 0 Å². The van der Waals surface area contributed by atoms with E-state index >= 15 is 0 Å². The molecule has 1 saturated heterocycles. The molecule has 1 aliphatic heterocycles. The first-order chi connectivity index (χ1) is 11.8. The lowest BCUT2D eigenvalue weighted by atomic mass is 9.89. The summed E-state index contributed by atoms with van der Waals surface area (Å²) in [6.45, 7) is 3.64. The molecule has 1 aliphatic carbocycles. The Kier molecular flexibility index (Phi) is 4.56. The Balaban J connectivity index is 1.37. The summed E-state index contributed by atoms with van der Waals surface area (Å²) in [5.74, 6) is 0.921. The van der Waals surface area contributed by atoms with Crippen molar-refractivity contribution in [3.63, 3.8) is 0 Å². The van der Waals surface area contributed by atoms with Crippen LogP contribution in [0.25, 0.3) is 10.8 Å². The molecule has 1 unspecified atom stereocenters. The van der Waals surface area contributed by atoms with Gasteiger partial charge in [-0.3, -0.25) is 4.79 Å². The first-order valence-corrected chi connectivity index (χ1v) is 9.38. The van der Waals surface area contributed by atoms with Gasteiger partial charge in [-0.25, -0.2) is 0 Å². The highest BCUT2D eigenvalue weighted by Gasteiger charge is 2.25. The Morgan fingerprint density at radius 1 is 1.12 bits per heavy atom. The molecule has 0 spiro atoms. The van der Waals surface area contributed by atoms with Crippen molar-refractivity contribution in [2.24, 2.45) is 5.92 Å². The third-order valence-electron chi connectivity index (χ3n) is 5.66. The lowest BCUT2D eigenvalue weighted by molar-refractivity contribution is 0.233. The van der Waals surface area contributed by atoms with Crippen molar-refractivity contribution in [2.45, 2.75) is 44.6 Å². The first-order valence-electron chi connectivity index (χ1n) is 9.38. The van der Waals surface area contributed by atoms with E-state index in [4.69, 9.17) is 0 Å². The van der Waals surface area contributed by atoms with Gasteiger partial charge in [0.1, 0.15) is 0 Å². The SMILES string of the molecule is O=c1[nH]ccc2cc(NC3CCN(CC4CCCCC4)C3)ccc12. The zero-order valence-corrected chi connectivity index (χ0v) is 14.3. The van der Waals surface area contributed by atoms with E-state index in [1.807, 2.05) is 18.2 Å². The van der Waals surface area contributed by atoms with Crippen LogP contribution in [0.3, 0.4) is 0 Å². The normalized spacial score (nSPS) is 22.9. The summed E-state index contributed by atoms with van der Waals surface area (Å²) < 4.78 is 0. The second-order valence-corrected chi connectivity index (χ2v) is 7.50. The number of nitrogens with zero attached hydrogens (tertiary/aromatic N) is 1. The lowest BCUT2D eigenvalue weighted by Gasteiger charge is -2.26. The average Bonchev–Trinajstić information content (AvgIpc) is 3.03. The average molecular weight is 325 g/mol. The second-order valence-electron chi connectivity index (χ2n) is 7.50. The number of benzene rings is 1. The smallest absolute Gasteiger partial charge is 0.255 e. The van der Waals surface area contributed by atoms with Gasteiger partial charge < -0.3 is 15.2 Å². The summed E-state index contributed by atoms with van der Waals surface area (Å²) in [4.78, 5) is 17.2. The van der Waals surface area contributed by atoms with Crippen LogP contribution in [0.15, 0.2) is 35.3 Å². The summed E-state index contributed by atoms with van der Waals surface area (Å²) in [6.07, 6.45) is 10.1. The summed E-state index contributed by atoms with van der Waals surface area (Å²) in [5, 5.41) is 5.42. The topological polar surface area (TPSA) is 48.1 Å². The predicted molar refractivity (Wildman–Crippen MR) is 99.6 cm³/mol. The van der Waals surface area contributed by atoms with Gasteiger partial charge in [-0.2, -0.15) is 0 Å². The molecule has 1 saturated carbocycles. The molecule has 0 bridgehead atoms. The van der Waals surface area contributed by atoms with Crippen molar-refractivity contribution < 1.29 is 0 Å². The molecule has 2 heterocycles. The maximum atomic E-state index is 11.8. The Labute approximate surface area is 143 Å². The van der Waals surface area contributed by atoms with E-state index < -0.39 is 0 Å². The highest BCUT2D eigenvalue weighted by molar-refractivity contribution is 5.84. The van der Waals surface area contributed by atoms with Crippen LogP contribution in [0.4, 0.5) is 5.69 Å². The third kappa shape index (κ3) is 3.48. The van der Waals surface area contributed by atoms with Crippen LogP contribution < -0.4 is 10.9 Å². The fourth-order valence-electron chi connectivity index (χ4n) is 4.37. The van der Waals surface area contributed by atoms with Gasteiger partial charge in [-0.1, -0.05) is 19.3 Å². The largest absolute Gasteiger partial charge is 0.381 e. The Morgan fingerprint density at radius 2 is 2.00 bits per heavy atom. The predicted octanol–water partition coefficient (Wildman–Crippen LogP) is 3.59. The van der Waals surface area contributed by atoms with Crippen molar-refractivity contribution in [1.82, 2.24) is 9.88 Å². The number of aromatic amines is 1. The van der Waals surface area contributed by atoms with Gasteiger partial charge >= 0.3 is 0 Å². The minimum Gasteiger partial charge on any atom is -0.381 e. The second kappa shape index (κ2) is 6.98. The Morgan fingerprint density at radius 3 is 2.88 bits per heavy atom. The Bertz CT molecular complexity index is 748. The highest BCUT2D eigenvalue weighted by atomic mass is 16.1. The van der Waals surface area contributed by atoms with Crippen molar-refractivity contribution in [3.05, 3.63) is 40.8 Å². The monoisotopic (exact) mass is 325 g/mol. The molecule has 24 heavy (non-hydrogen) atoms. The zero-order valence-electron chi connectivity index (χ0n) is 14.3. The van der Waals surface area contributed by atoms with Crippen LogP contribution >= 0.6 is 0 Å². The summed E-state index contributed by atoms with van der Waals surface area (Å²) in [7, 11) is 0. The zero-order chi connectivity index (χ0) is 16.4. The van der Waals surface area contributed by atoms with E-state index in [-0.39, 0.29) is 5.56 Å². The van der Waals surface area contributed by atoms with E-state index in [1.165, 1.54) is 51.6 Å². The number of aromatic nitrogens is 1. The third-order valence-corrected chi connectivity index (χ3v) is 5.66. The summed E-state index contributed by atoms with van der Waals surface area (Å²) in [5.41, 5.74) is 1.11. The van der Waals surface area contributed by atoms with Crippen molar-refractivity contribution in [3.8, 4) is 0 Å². The molecule has 4 rings (SSSR count). The standard InChI is InChI=1S/C20H27N3O/c24-20-19-7-6-17(12-16(19)8-10-21-20)22-18-9-11-23(14-18)13-15-4-2-1-3-5-15/h6-8,10,12,15,18,22H,1-5,9,11,13-14H2,(H,21,24). The van der Waals surface area contributed by atoms with Gasteiger partial charge in [-0.05, 0) is 54.8 Å². The van der Waals surface area contributed by atoms with E-state index in [2.05, 4.69) is 21.3 Å². The van der Waals surface area contributed by atoms with Crippen LogP contribution in [-0.2, 0) is 0 Å². The number of likely N-dealkylation sites (tertiary alicyclic amines) is 1. The van der Waals surface area contributed by atoms with Gasteiger partial charge in [0.2, 0.25) is 0 Å². The first kappa shape index (κ1) is 15.7.